The first-order valence-electron chi connectivity index (χ1n) is 5.76. The quantitative estimate of drug-likeness (QED) is 0.896. The van der Waals surface area contributed by atoms with Crippen molar-refractivity contribution < 1.29 is 14.7 Å². The molecule has 21 heavy (non-hydrogen) atoms. The average molecular weight is 329 g/mol. The van der Waals surface area contributed by atoms with Crippen molar-refractivity contribution >= 4 is 40.8 Å². The molecule has 2 N–H and O–H groups in total. The van der Waals surface area contributed by atoms with Gasteiger partial charge in [-0.3, -0.25) is 9.59 Å². The van der Waals surface area contributed by atoms with Crippen molar-refractivity contribution in [2.75, 3.05) is 5.32 Å². The van der Waals surface area contributed by atoms with Crippen LogP contribution in [0.5, 0.6) is 0 Å². The molecule has 0 atom stereocenters. The maximum Gasteiger partial charge on any atom is 0.325 e. The van der Waals surface area contributed by atoms with Gasteiger partial charge in [0.25, 0.3) is 5.91 Å². The molecule has 1 heterocycles. The van der Waals surface area contributed by atoms with Crippen molar-refractivity contribution in [1.29, 1.82) is 0 Å². The van der Waals surface area contributed by atoms with Gasteiger partial charge in [-0.05, 0) is 18.6 Å². The van der Waals surface area contributed by atoms with E-state index in [1.165, 1.54) is 6.20 Å². The summed E-state index contributed by atoms with van der Waals surface area (Å²) in [5, 5.41) is 18.9. The number of carboxylic acid groups (broad SMARTS) is 1. The highest BCUT2D eigenvalue weighted by atomic mass is 35.5. The van der Waals surface area contributed by atoms with Gasteiger partial charge >= 0.3 is 5.97 Å². The highest BCUT2D eigenvalue weighted by Crippen LogP contribution is 2.33. The predicted octanol–water partition coefficient (Wildman–Crippen LogP) is 2.23. The summed E-state index contributed by atoms with van der Waals surface area (Å²) in [6.45, 7) is 1.39. The van der Waals surface area contributed by atoms with Gasteiger partial charge in [0, 0.05) is 0 Å². The molecule has 0 aliphatic heterocycles. The number of hydrogen-bond acceptors (Lipinski definition) is 4. The van der Waals surface area contributed by atoms with Gasteiger partial charge in [-0.15, -0.1) is 5.10 Å². The zero-order valence-corrected chi connectivity index (χ0v) is 12.3. The Morgan fingerprint density at radius 3 is 2.76 bits per heavy atom. The number of nitrogens with zero attached hydrogens (tertiary/aromatic N) is 3. The molecule has 0 saturated carbocycles. The van der Waals surface area contributed by atoms with Crippen molar-refractivity contribution in [2.45, 2.75) is 13.5 Å². The van der Waals surface area contributed by atoms with E-state index in [1.54, 1.807) is 19.1 Å². The highest BCUT2D eigenvalue weighted by molar-refractivity contribution is 6.40. The van der Waals surface area contributed by atoms with Crippen LogP contribution in [0.2, 0.25) is 10.0 Å². The minimum atomic E-state index is -1.09. The molecule has 1 amide bonds. The third-order valence-electron chi connectivity index (χ3n) is 2.59. The van der Waals surface area contributed by atoms with Crippen molar-refractivity contribution in [3.63, 3.8) is 0 Å². The molecule has 0 unspecified atom stereocenters. The first-order valence-corrected chi connectivity index (χ1v) is 6.52. The summed E-state index contributed by atoms with van der Waals surface area (Å²) >= 11 is 12.1. The summed E-state index contributed by atoms with van der Waals surface area (Å²) in [4.78, 5) is 22.6. The number of hydrogen-bond donors (Lipinski definition) is 2. The first-order chi connectivity index (χ1) is 9.88. The Hall–Kier alpha value is -2.12. The summed E-state index contributed by atoms with van der Waals surface area (Å²) < 4.78 is 1.04. The lowest BCUT2D eigenvalue weighted by Crippen LogP contribution is -2.13. The molecule has 0 radical (unpaired) electrons. The molecular weight excluding hydrogens is 319 g/mol. The van der Waals surface area contributed by atoms with E-state index < -0.39 is 11.9 Å². The molecule has 0 spiro atoms. The number of nitrogens with one attached hydrogen (secondary N) is 1. The van der Waals surface area contributed by atoms with Gasteiger partial charge in [-0.25, -0.2) is 4.68 Å². The fourth-order valence-corrected chi connectivity index (χ4v) is 2.03. The second kappa shape index (κ2) is 6.11. The Balaban J connectivity index is 2.20. The van der Waals surface area contributed by atoms with Gasteiger partial charge in [-0.2, -0.15) is 0 Å². The average Bonchev–Trinajstić information content (AvgIpc) is 2.86. The van der Waals surface area contributed by atoms with Crippen LogP contribution in [-0.4, -0.2) is 32.0 Å². The molecule has 0 aliphatic carbocycles. The number of carbonyl (C=O) groups is 2. The van der Waals surface area contributed by atoms with Crippen LogP contribution in [0.15, 0.2) is 18.3 Å². The predicted molar refractivity (Wildman–Crippen MR) is 76.8 cm³/mol. The van der Waals surface area contributed by atoms with Crippen molar-refractivity contribution in [1.82, 2.24) is 15.0 Å². The maximum atomic E-state index is 12.0. The van der Waals surface area contributed by atoms with Crippen LogP contribution in [0, 0.1) is 6.92 Å². The van der Waals surface area contributed by atoms with Crippen LogP contribution in [0.25, 0.3) is 0 Å². The second-order valence-electron chi connectivity index (χ2n) is 4.20. The van der Waals surface area contributed by atoms with E-state index in [9.17, 15) is 9.59 Å². The molecule has 2 aromatic rings. The standard InChI is InChI=1S/C12H10Cl2N4O3/c1-6-2-3-7(13)11(10(6)14)15-12(21)8-4-18(17-16-8)5-9(19)20/h2-4H,5H2,1H3,(H,15,21)(H,19,20). The van der Waals surface area contributed by atoms with Gasteiger partial charge in [0.05, 0.1) is 21.9 Å². The Morgan fingerprint density at radius 1 is 1.38 bits per heavy atom. The lowest BCUT2D eigenvalue weighted by molar-refractivity contribution is -0.137. The molecule has 110 valence electrons. The lowest BCUT2D eigenvalue weighted by Gasteiger charge is -2.09. The van der Waals surface area contributed by atoms with Gasteiger partial charge < -0.3 is 10.4 Å². The number of aliphatic carboxylic acids is 1. The number of benzene rings is 1. The lowest BCUT2D eigenvalue weighted by atomic mass is 10.2. The molecule has 7 nitrogen and oxygen atoms in total. The molecule has 1 aromatic carbocycles. The number of halogens is 2. The third kappa shape index (κ3) is 3.50. The molecule has 9 heteroatoms. The molecule has 2 rings (SSSR count). The summed E-state index contributed by atoms with van der Waals surface area (Å²) in [5.41, 5.74) is 0.993. The minimum absolute atomic E-state index is 0.0371. The van der Waals surface area contributed by atoms with Crippen LogP contribution in [0.4, 0.5) is 5.69 Å². The van der Waals surface area contributed by atoms with Gasteiger partial charge in [-0.1, -0.05) is 34.5 Å². The van der Waals surface area contributed by atoms with Crippen LogP contribution in [0.3, 0.4) is 0 Å². The number of anilines is 1. The Labute approximate surface area is 129 Å². The topological polar surface area (TPSA) is 97.1 Å². The Morgan fingerprint density at radius 2 is 2.10 bits per heavy atom. The minimum Gasteiger partial charge on any atom is -0.480 e. The Kier molecular flexibility index (Phi) is 4.44. The normalized spacial score (nSPS) is 10.4. The first kappa shape index (κ1) is 15.3. The van der Waals surface area contributed by atoms with E-state index in [4.69, 9.17) is 28.3 Å². The zero-order chi connectivity index (χ0) is 15.6. The number of aromatic nitrogens is 3. The van der Waals surface area contributed by atoms with E-state index in [2.05, 4.69) is 15.6 Å². The zero-order valence-electron chi connectivity index (χ0n) is 10.8. The summed E-state index contributed by atoms with van der Waals surface area (Å²) in [7, 11) is 0. The molecular formula is C12H10Cl2N4O3. The fourth-order valence-electron chi connectivity index (χ4n) is 1.57. The Bertz CT molecular complexity index is 715. The van der Waals surface area contributed by atoms with E-state index in [0.29, 0.717) is 5.02 Å². The number of carbonyl (C=O) groups excluding carboxylic acids is 1. The molecule has 1 aromatic heterocycles. The smallest absolute Gasteiger partial charge is 0.325 e. The van der Waals surface area contributed by atoms with Gasteiger partial charge in [0.15, 0.2) is 5.69 Å². The summed E-state index contributed by atoms with van der Waals surface area (Å²) in [6.07, 6.45) is 1.22. The maximum absolute atomic E-state index is 12.0. The number of amides is 1. The van der Waals surface area contributed by atoms with Crippen molar-refractivity contribution in [2.24, 2.45) is 0 Å². The second-order valence-corrected chi connectivity index (χ2v) is 4.99. The van der Waals surface area contributed by atoms with E-state index in [1.807, 2.05) is 0 Å². The molecule has 0 bridgehead atoms. The van der Waals surface area contributed by atoms with Crippen molar-refractivity contribution in [3.8, 4) is 0 Å². The van der Waals surface area contributed by atoms with Crippen LogP contribution >= 0.6 is 23.2 Å². The SMILES string of the molecule is Cc1ccc(Cl)c(NC(=O)c2cn(CC(=O)O)nn2)c1Cl. The monoisotopic (exact) mass is 328 g/mol. The van der Waals surface area contributed by atoms with Gasteiger partial charge in [0.1, 0.15) is 6.54 Å². The van der Waals surface area contributed by atoms with E-state index in [-0.39, 0.29) is 22.9 Å². The fraction of sp³-hybridized carbons (Fsp3) is 0.167. The van der Waals surface area contributed by atoms with E-state index in [0.717, 1.165) is 10.2 Å². The largest absolute Gasteiger partial charge is 0.480 e. The molecule has 0 fully saturated rings. The number of aryl methyl sites for hydroxylation is 1. The number of carboxylic acids is 1. The van der Waals surface area contributed by atoms with Crippen LogP contribution < -0.4 is 5.32 Å². The van der Waals surface area contributed by atoms with E-state index >= 15 is 0 Å². The number of rotatable bonds is 4. The van der Waals surface area contributed by atoms with Crippen LogP contribution in [0.1, 0.15) is 16.1 Å². The summed E-state index contributed by atoms with van der Waals surface area (Å²) in [6, 6.07) is 3.34. The third-order valence-corrected chi connectivity index (χ3v) is 3.39. The molecule has 0 saturated heterocycles. The van der Waals surface area contributed by atoms with Crippen LogP contribution in [-0.2, 0) is 11.3 Å². The summed E-state index contributed by atoms with van der Waals surface area (Å²) in [5.74, 6) is -1.67. The van der Waals surface area contributed by atoms with Gasteiger partial charge in [0.2, 0.25) is 0 Å². The molecule has 0 aliphatic rings. The van der Waals surface area contributed by atoms with Crippen molar-refractivity contribution in [3.05, 3.63) is 39.6 Å². The highest BCUT2D eigenvalue weighted by Gasteiger charge is 2.16.